The molecule has 1 aliphatic rings. The number of hydrogen-bond acceptors (Lipinski definition) is 8. The number of rotatable bonds is 8. The van der Waals surface area contributed by atoms with Gasteiger partial charge in [0.2, 0.25) is 0 Å². The lowest BCUT2D eigenvalue weighted by Crippen LogP contribution is -2.02. The van der Waals surface area contributed by atoms with E-state index in [0.717, 1.165) is 0 Å². The lowest BCUT2D eigenvalue weighted by atomic mass is 10.2. The van der Waals surface area contributed by atoms with Gasteiger partial charge in [-0.25, -0.2) is 0 Å². The predicted molar refractivity (Wildman–Crippen MR) is 161 cm³/mol. The summed E-state index contributed by atoms with van der Waals surface area (Å²) in [5.41, 5.74) is 1.43. The Morgan fingerprint density at radius 3 is 0.795 bits per heavy atom. The van der Waals surface area contributed by atoms with Crippen LogP contribution in [0.5, 0.6) is 0 Å². The standard InChI is InChI=1S/C36H24O8/c1-29(37)41-25-33-17-9-5-6-10-18-35(27-43-31(3)39)23-15-16-24-36(28-44-32(4)40)20-12-8-7-11-19-34(22-14-13-21-33)26-42-30(2)38/h17-20H,25-28H2,1-4H3/b33-17-,34-19+,35-18+,36-20+. The van der Waals surface area contributed by atoms with E-state index in [0.29, 0.717) is 22.3 Å². The summed E-state index contributed by atoms with van der Waals surface area (Å²) in [7, 11) is 0. The smallest absolute Gasteiger partial charge is 0.302 e. The molecule has 8 nitrogen and oxygen atoms in total. The Morgan fingerprint density at radius 1 is 0.409 bits per heavy atom. The van der Waals surface area contributed by atoms with Crippen molar-refractivity contribution in [3.8, 4) is 94.7 Å². The maximum Gasteiger partial charge on any atom is 0.302 e. The molecule has 8 heteroatoms. The Labute approximate surface area is 257 Å². The van der Waals surface area contributed by atoms with Crippen molar-refractivity contribution in [1.29, 1.82) is 0 Å². The third-order valence-corrected chi connectivity index (χ3v) is 4.14. The van der Waals surface area contributed by atoms with E-state index in [1.807, 2.05) is 0 Å². The molecule has 0 aromatic rings. The minimum atomic E-state index is -0.503. The molecule has 0 N–H and O–H groups in total. The Kier molecular flexibility index (Phi) is 17.7. The summed E-state index contributed by atoms with van der Waals surface area (Å²) >= 11 is 0. The van der Waals surface area contributed by atoms with Gasteiger partial charge in [-0.2, -0.15) is 0 Å². The topological polar surface area (TPSA) is 105 Å². The third-order valence-electron chi connectivity index (χ3n) is 4.14. The zero-order valence-corrected chi connectivity index (χ0v) is 24.4. The lowest BCUT2D eigenvalue weighted by molar-refractivity contribution is -0.140. The highest BCUT2D eigenvalue weighted by molar-refractivity contribution is 5.67. The molecule has 0 unspecified atom stereocenters. The van der Waals surface area contributed by atoms with Crippen LogP contribution in [0, 0.1) is 94.7 Å². The number of esters is 4. The molecule has 0 saturated heterocycles. The first kappa shape index (κ1) is 35.3. The van der Waals surface area contributed by atoms with Crippen LogP contribution in [0.1, 0.15) is 27.7 Å². The lowest BCUT2D eigenvalue weighted by Gasteiger charge is -1.99. The van der Waals surface area contributed by atoms with Crippen LogP contribution in [0.4, 0.5) is 0 Å². The molecule has 0 amide bonds. The van der Waals surface area contributed by atoms with Crippen molar-refractivity contribution in [2.45, 2.75) is 27.7 Å². The molecule has 0 radical (unpaired) electrons. The van der Waals surface area contributed by atoms with Crippen LogP contribution < -0.4 is 0 Å². The molecule has 0 aliphatic heterocycles. The zero-order chi connectivity index (χ0) is 32.4. The van der Waals surface area contributed by atoms with Crippen LogP contribution in [-0.2, 0) is 38.1 Å². The molecule has 0 saturated carbocycles. The van der Waals surface area contributed by atoms with Crippen LogP contribution in [0.25, 0.3) is 0 Å². The fourth-order valence-electron chi connectivity index (χ4n) is 2.26. The summed E-state index contributed by atoms with van der Waals surface area (Å²) in [6.07, 6.45) is 5.68. The molecule has 216 valence electrons. The van der Waals surface area contributed by atoms with Gasteiger partial charge in [0.1, 0.15) is 26.4 Å². The van der Waals surface area contributed by atoms with Gasteiger partial charge in [-0.05, 0) is 47.4 Å². The highest BCUT2D eigenvalue weighted by atomic mass is 16.5. The Morgan fingerprint density at radius 2 is 0.614 bits per heavy atom. The molecule has 0 aromatic heterocycles. The van der Waals surface area contributed by atoms with Gasteiger partial charge >= 0.3 is 23.9 Å². The SMILES string of the molecule is CC(=O)OC/C1=C\C#CC#C/C=C(/COC(C)=O)C#CC#C/C(COC(C)=O)=C\C#CC#C/C=C(/COC(C)=O)C#CC#C1. The van der Waals surface area contributed by atoms with E-state index in [-0.39, 0.29) is 26.4 Å². The van der Waals surface area contributed by atoms with Crippen molar-refractivity contribution < 1.29 is 38.1 Å². The number of ether oxygens (including phenoxy) is 4. The van der Waals surface area contributed by atoms with E-state index in [4.69, 9.17) is 18.9 Å². The first-order valence-corrected chi connectivity index (χ1v) is 12.5. The summed E-state index contributed by atoms with van der Waals surface area (Å²) in [6, 6.07) is 0. The van der Waals surface area contributed by atoms with Gasteiger partial charge in [-0.3, -0.25) is 19.2 Å². The van der Waals surface area contributed by atoms with Gasteiger partial charge in [-0.1, -0.05) is 47.4 Å². The highest BCUT2D eigenvalue weighted by Gasteiger charge is 1.99. The van der Waals surface area contributed by atoms with Gasteiger partial charge in [0.25, 0.3) is 0 Å². The summed E-state index contributed by atoms with van der Waals surface area (Å²) in [4.78, 5) is 45.0. The summed E-state index contributed by atoms with van der Waals surface area (Å²) in [5, 5.41) is 0. The van der Waals surface area contributed by atoms with Crippen molar-refractivity contribution >= 4 is 23.9 Å². The van der Waals surface area contributed by atoms with Crippen molar-refractivity contribution in [1.82, 2.24) is 0 Å². The van der Waals surface area contributed by atoms with Crippen molar-refractivity contribution in [3.63, 3.8) is 0 Å². The fourth-order valence-corrected chi connectivity index (χ4v) is 2.26. The van der Waals surface area contributed by atoms with E-state index in [9.17, 15) is 19.2 Å². The number of allylic oxidation sites excluding steroid dienone is 4. The summed E-state index contributed by atoms with van der Waals surface area (Å²) in [6.45, 7) is 4.50. The van der Waals surface area contributed by atoms with Gasteiger partial charge in [0, 0.05) is 74.3 Å². The van der Waals surface area contributed by atoms with Crippen LogP contribution in [0.2, 0.25) is 0 Å². The molecular formula is C36H24O8. The average Bonchev–Trinajstić information content (AvgIpc) is 2.96. The minimum Gasteiger partial charge on any atom is -0.460 e. The molecule has 0 spiro atoms. The minimum absolute atomic E-state index is 0.132. The number of carbonyl (C=O) groups excluding carboxylic acids is 4. The Bertz CT molecular complexity index is 1530. The molecule has 0 atom stereocenters. The van der Waals surface area contributed by atoms with E-state index >= 15 is 0 Å². The molecule has 0 bridgehead atoms. The van der Waals surface area contributed by atoms with Crippen LogP contribution >= 0.6 is 0 Å². The molecule has 44 heavy (non-hydrogen) atoms. The second-order valence-electron chi connectivity index (χ2n) is 7.88. The third kappa shape index (κ3) is 20.3. The highest BCUT2D eigenvalue weighted by Crippen LogP contribution is 1.97. The Balaban J connectivity index is 3.63. The van der Waals surface area contributed by atoms with Crippen molar-refractivity contribution in [2.24, 2.45) is 0 Å². The maximum absolute atomic E-state index is 11.2. The second-order valence-corrected chi connectivity index (χ2v) is 7.88. The molecule has 1 aliphatic carbocycles. The molecule has 0 fully saturated rings. The quantitative estimate of drug-likeness (QED) is 0.243. The van der Waals surface area contributed by atoms with E-state index in [2.05, 4.69) is 94.7 Å². The summed E-state index contributed by atoms with van der Waals surface area (Å²) < 4.78 is 20.0. The first-order chi connectivity index (χ1) is 21.2. The summed E-state index contributed by atoms with van der Waals surface area (Å²) in [5.74, 6) is 40.7. The second kappa shape index (κ2) is 22.1. The van der Waals surface area contributed by atoms with E-state index in [1.165, 1.54) is 52.0 Å². The Hall–Kier alpha value is -6.68. The van der Waals surface area contributed by atoms with Crippen molar-refractivity contribution in [2.75, 3.05) is 26.4 Å². The molecule has 0 heterocycles. The number of carbonyl (C=O) groups is 4. The van der Waals surface area contributed by atoms with Gasteiger partial charge in [0.15, 0.2) is 0 Å². The van der Waals surface area contributed by atoms with Crippen LogP contribution in [-0.4, -0.2) is 50.3 Å². The number of hydrogen-bond donors (Lipinski definition) is 0. The van der Waals surface area contributed by atoms with Crippen molar-refractivity contribution in [3.05, 3.63) is 46.6 Å². The largest absolute Gasteiger partial charge is 0.460 e. The zero-order valence-electron chi connectivity index (χ0n) is 24.4. The molecular weight excluding hydrogens is 560 g/mol. The average molecular weight is 585 g/mol. The van der Waals surface area contributed by atoms with Gasteiger partial charge in [0.05, 0.1) is 0 Å². The predicted octanol–water partition coefficient (Wildman–Crippen LogP) is 1.99. The monoisotopic (exact) mass is 584 g/mol. The normalized spacial score (nSPS) is 16.3. The van der Waals surface area contributed by atoms with Gasteiger partial charge < -0.3 is 18.9 Å². The van der Waals surface area contributed by atoms with Crippen LogP contribution in [0.3, 0.4) is 0 Å². The van der Waals surface area contributed by atoms with E-state index < -0.39 is 23.9 Å². The maximum atomic E-state index is 11.2. The van der Waals surface area contributed by atoms with E-state index in [1.54, 1.807) is 0 Å². The molecule has 1 rings (SSSR count). The van der Waals surface area contributed by atoms with Crippen LogP contribution in [0.15, 0.2) is 46.6 Å². The first-order valence-electron chi connectivity index (χ1n) is 12.5. The molecule has 0 aromatic carbocycles. The van der Waals surface area contributed by atoms with Gasteiger partial charge in [-0.15, -0.1) is 0 Å². The fraction of sp³-hybridized carbons (Fsp3) is 0.222.